The van der Waals surface area contributed by atoms with Crippen molar-refractivity contribution < 1.29 is 4.74 Å². The number of nitrogens with one attached hydrogen (secondary N) is 2. The van der Waals surface area contributed by atoms with Crippen LogP contribution in [0.4, 0.5) is 0 Å². The van der Waals surface area contributed by atoms with Gasteiger partial charge in [0.2, 0.25) is 0 Å². The molecule has 4 rings (SSSR count). The largest absolute Gasteiger partial charge is 0.377 e. The van der Waals surface area contributed by atoms with Gasteiger partial charge in [0.1, 0.15) is 0 Å². The molecule has 2 fully saturated rings. The molecule has 1 aromatic carbocycles. The zero-order valence-electron chi connectivity index (χ0n) is 16.6. The summed E-state index contributed by atoms with van der Waals surface area (Å²) in [5.74, 6) is 1.52. The molecule has 2 N–H and O–H groups in total. The summed E-state index contributed by atoms with van der Waals surface area (Å²) in [6.07, 6.45) is 6.67. The van der Waals surface area contributed by atoms with Crippen LogP contribution in [0.2, 0.25) is 0 Å². The molecular formula is C22H33N3O. The van der Waals surface area contributed by atoms with Crippen LogP contribution in [0.5, 0.6) is 0 Å². The zero-order valence-corrected chi connectivity index (χ0v) is 16.6. The summed E-state index contributed by atoms with van der Waals surface area (Å²) in [5.41, 5.74) is 4.59. The monoisotopic (exact) mass is 355 g/mol. The van der Waals surface area contributed by atoms with Crippen LogP contribution < -0.4 is 10.6 Å². The average Bonchev–Trinajstić information content (AvgIpc) is 3.11. The standard InChI is InChI=1S/C22H33N3O/c1-14(16-10-9-15-7-5-6-8-17(15)13-16)24-21(23-4)25-19-18-11-12-26-20(18)22(19,2)3/h9-10,13-14,18-20H,5-8,11-12H2,1-4H3,(H2,23,24,25). The van der Waals surface area contributed by atoms with Crippen LogP contribution in [0.15, 0.2) is 23.2 Å². The van der Waals surface area contributed by atoms with Crippen molar-refractivity contribution in [2.24, 2.45) is 16.3 Å². The van der Waals surface area contributed by atoms with E-state index in [9.17, 15) is 0 Å². The van der Waals surface area contributed by atoms with Crippen molar-refractivity contribution in [2.45, 2.75) is 71.1 Å². The minimum Gasteiger partial charge on any atom is -0.377 e. The SMILES string of the molecule is CN=C(NC(C)c1ccc2c(c1)CCCC2)NC1C2CCOC2C1(C)C. The van der Waals surface area contributed by atoms with E-state index in [2.05, 4.69) is 54.6 Å². The third kappa shape index (κ3) is 3.02. The lowest BCUT2D eigenvalue weighted by molar-refractivity contribution is -0.106. The van der Waals surface area contributed by atoms with Gasteiger partial charge in [0, 0.05) is 31.0 Å². The first kappa shape index (κ1) is 17.8. The fourth-order valence-electron chi connectivity index (χ4n) is 5.25. The molecule has 1 saturated carbocycles. The Labute approximate surface area is 157 Å². The normalized spacial score (nSPS) is 30.8. The van der Waals surface area contributed by atoms with Crippen molar-refractivity contribution in [3.05, 3.63) is 34.9 Å². The summed E-state index contributed by atoms with van der Waals surface area (Å²) in [6.45, 7) is 7.73. The Balaban J connectivity index is 1.42. The van der Waals surface area contributed by atoms with E-state index in [1.807, 2.05) is 7.05 Å². The van der Waals surface area contributed by atoms with Gasteiger partial charge in [-0.1, -0.05) is 32.0 Å². The number of benzene rings is 1. The van der Waals surface area contributed by atoms with E-state index in [0.717, 1.165) is 19.0 Å². The van der Waals surface area contributed by atoms with Gasteiger partial charge in [-0.25, -0.2) is 0 Å². The first-order valence-electron chi connectivity index (χ1n) is 10.2. The van der Waals surface area contributed by atoms with E-state index in [4.69, 9.17) is 4.74 Å². The van der Waals surface area contributed by atoms with Crippen molar-refractivity contribution in [1.29, 1.82) is 0 Å². The second-order valence-corrected chi connectivity index (χ2v) is 8.86. The van der Waals surface area contributed by atoms with E-state index in [-0.39, 0.29) is 11.5 Å². The molecule has 0 radical (unpaired) electrons. The number of hydrogen-bond donors (Lipinski definition) is 2. The molecule has 4 nitrogen and oxygen atoms in total. The predicted molar refractivity (Wildman–Crippen MR) is 107 cm³/mol. The van der Waals surface area contributed by atoms with Gasteiger partial charge in [0.05, 0.1) is 12.1 Å². The zero-order chi connectivity index (χ0) is 18.3. The van der Waals surface area contributed by atoms with Gasteiger partial charge in [-0.3, -0.25) is 4.99 Å². The number of aliphatic imine (C=N–C) groups is 1. The van der Waals surface area contributed by atoms with Crippen LogP contribution in [-0.2, 0) is 17.6 Å². The van der Waals surface area contributed by atoms with E-state index in [0.29, 0.717) is 18.1 Å². The molecule has 4 heteroatoms. The van der Waals surface area contributed by atoms with Gasteiger partial charge in [-0.05, 0) is 55.7 Å². The Morgan fingerprint density at radius 2 is 2.00 bits per heavy atom. The van der Waals surface area contributed by atoms with Gasteiger partial charge in [-0.2, -0.15) is 0 Å². The average molecular weight is 356 g/mol. The van der Waals surface area contributed by atoms with E-state index in [1.54, 1.807) is 0 Å². The Morgan fingerprint density at radius 3 is 2.77 bits per heavy atom. The molecule has 0 bridgehead atoms. The lowest BCUT2D eigenvalue weighted by atomic mass is 9.57. The van der Waals surface area contributed by atoms with Crippen LogP contribution in [0, 0.1) is 11.3 Å². The van der Waals surface area contributed by atoms with Crippen LogP contribution >= 0.6 is 0 Å². The number of aryl methyl sites for hydroxylation is 2. The minimum atomic E-state index is 0.161. The summed E-state index contributed by atoms with van der Waals surface area (Å²) < 4.78 is 5.92. The van der Waals surface area contributed by atoms with Gasteiger partial charge in [0.25, 0.3) is 0 Å². The Morgan fingerprint density at radius 1 is 1.23 bits per heavy atom. The highest BCUT2D eigenvalue weighted by molar-refractivity contribution is 5.80. The molecule has 1 saturated heterocycles. The molecule has 4 atom stereocenters. The number of hydrogen-bond acceptors (Lipinski definition) is 2. The lowest BCUT2D eigenvalue weighted by Crippen LogP contribution is -2.68. The van der Waals surface area contributed by atoms with Crippen molar-refractivity contribution in [3.63, 3.8) is 0 Å². The molecule has 1 heterocycles. The van der Waals surface area contributed by atoms with E-state index >= 15 is 0 Å². The minimum absolute atomic E-state index is 0.161. The van der Waals surface area contributed by atoms with E-state index < -0.39 is 0 Å². The molecule has 4 unspecified atom stereocenters. The highest BCUT2D eigenvalue weighted by Gasteiger charge is 2.59. The quantitative estimate of drug-likeness (QED) is 0.643. The maximum Gasteiger partial charge on any atom is 0.191 e. The summed E-state index contributed by atoms with van der Waals surface area (Å²) in [6, 6.07) is 7.67. The summed E-state index contributed by atoms with van der Waals surface area (Å²) in [4.78, 5) is 4.50. The number of guanidine groups is 1. The summed E-state index contributed by atoms with van der Waals surface area (Å²) in [5, 5.41) is 7.29. The molecule has 1 aliphatic heterocycles. The van der Waals surface area contributed by atoms with Gasteiger partial charge >= 0.3 is 0 Å². The number of ether oxygens (including phenoxy) is 1. The molecule has 2 aliphatic carbocycles. The second kappa shape index (κ2) is 6.88. The molecule has 26 heavy (non-hydrogen) atoms. The van der Waals surface area contributed by atoms with Gasteiger partial charge in [0.15, 0.2) is 5.96 Å². The third-order valence-corrected chi connectivity index (χ3v) is 6.84. The topological polar surface area (TPSA) is 45.7 Å². The molecule has 142 valence electrons. The van der Waals surface area contributed by atoms with Crippen LogP contribution in [0.1, 0.15) is 62.8 Å². The van der Waals surface area contributed by atoms with Gasteiger partial charge < -0.3 is 15.4 Å². The Kier molecular flexibility index (Phi) is 4.72. The first-order valence-corrected chi connectivity index (χ1v) is 10.2. The highest BCUT2D eigenvalue weighted by atomic mass is 16.5. The summed E-state index contributed by atoms with van der Waals surface area (Å²) >= 11 is 0. The fraction of sp³-hybridized carbons (Fsp3) is 0.682. The van der Waals surface area contributed by atoms with Crippen molar-refractivity contribution in [2.75, 3.05) is 13.7 Å². The number of nitrogens with zero attached hydrogens (tertiary/aromatic N) is 1. The Bertz CT molecular complexity index is 697. The molecule has 0 aromatic heterocycles. The van der Waals surface area contributed by atoms with E-state index in [1.165, 1.54) is 42.4 Å². The maximum atomic E-state index is 5.92. The van der Waals surface area contributed by atoms with Crippen molar-refractivity contribution >= 4 is 5.96 Å². The highest BCUT2D eigenvalue weighted by Crippen LogP contribution is 2.52. The molecular weight excluding hydrogens is 322 g/mol. The van der Waals surface area contributed by atoms with Crippen LogP contribution in [0.3, 0.4) is 0 Å². The Hall–Kier alpha value is -1.55. The maximum absolute atomic E-state index is 5.92. The summed E-state index contributed by atoms with van der Waals surface area (Å²) in [7, 11) is 1.86. The molecule has 0 spiro atoms. The van der Waals surface area contributed by atoms with Gasteiger partial charge in [-0.15, -0.1) is 0 Å². The molecule has 3 aliphatic rings. The van der Waals surface area contributed by atoms with Crippen LogP contribution in [-0.4, -0.2) is 31.8 Å². The van der Waals surface area contributed by atoms with Crippen molar-refractivity contribution in [3.8, 4) is 0 Å². The molecule has 0 amide bonds. The lowest BCUT2D eigenvalue weighted by Gasteiger charge is -2.55. The fourth-order valence-corrected chi connectivity index (χ4v) is 5.25. The second-order valence-electron chi connectivity index (χ2n) is 8.86. The third-order valence-electron chi connectivity index (χ3n) is 6.84. The number of fused-ring (bicyclic) bond motifs is 2. The smallest absolute Gasteiger partial charge is 0.191 e. The van der Waals surface area contributed by atoms with Crippen molar-refractivity contribution in [1.82, 2.24) is 10.6 Å². The number of rotatable bonds is 3. The molecule has 1 aromatic rings. The first-order chi connectivity index (χ1) is 12.5. The van der Waals surface area contributed by atoms with Crippen LogP contribution in [0.25, 0.3) is 0 Å². The predicted octanol–water partition coefficient (Wildman–Crippen LogP) is 3.60.